The first-order valence-corrected chi connectivity index (χ1v) is 7.36. The zero-order chi connectivity index (χ0) is 15.9. The summed E-state index contributed by atoms with van der Waals surface area (Å²) in [7, 11) is 0. The van der Waals surface area contributed by atoms with E-state index in [9.17, 15) is 18.7 Å². The van der Waals surface area contributed by atoms with Gasteiger partial charge in [0, 0.05) is 17.5 Å². The molecule has 1 aromatic carbocycles. The normalized spacial score (nSPS) is 10.3. The van der Waals surface area contributed by atoms with Crippen molar-refractivity contribution in [1.29, 1.82) is 0 Å². The van der Waals surface area contributed by atoms with Crippen molar-refractivity contribution < 1.29 is 18.7 Å². The van der Waals surface area contributed by atoms with Crippen molar-refractivity contribution in [2.75, 3.05) is 5.75 Å². The fourth-order valence-corrected chi connectivity index (χ4v) is 2.43. The van der Waals surface area contributed by atoms with Gasteiger partial charge in [-0.25, -0.2) is 14.8 Å². The first-order valence-electron chi connectivity index (χ1n) is 6.37. The molecule has 0 spiro atoms. The van der Waals surface area contributed by atoms with Gasteiger partial charge < -0.3 is 5.11 Å². The number of aromatic carboxylic acids is 1. The van der Waals surface area contributed by atoms with Crippen molar-refractivity contribution in [3.05, 3.63) is 54.2 Å². The van der Waals surface area contributed by atoms with Crippen molar-refractivity contribution in [3.8, 4) is 11.3 Å². The van der Waals surface area contributed by atoms with Gasteiger partial charge in [0.2, 0.25) is 0 Å². The van der Waals surface area contributed by atoms with E-state index in [1.165, 1.54) is 18.0 Å². The zero-order valence-corrected chi connectivity index (χ0v) is 12.2. The molecule has 0 aliphatic heterocycles. The summed E-state index contributed by atoms with van der Waals surface area (Å²) in [5.41, 5.74) is 0.988. The Hall–Kier alpha value is -2.28. The molecule has 0 unspecified atom stereocenters. The number of nitrogens with zero attached hydrogens (tertiary/aromatic N) is 2. The minimum Gasteiger partial charge on any atom is -0.478 e. The second-order valence-corrected chi connectivity index (χ2v) is 5.28. The Morgan fingerprint density at radius 1 is 1.27 bits per heavy atom. The minimum atomic E-state index is -1.72. The summed E-state index contributed by atoms with van der Waals surface area (Å²) in [6.07, 6.45) is 0.549. The van der Waals surface area contributed by atoms with Crippen LogP contribution in [0.2, 0.25) is 0 Å². The van der Waals surface area contributed by atoms with Gasteiger partial charge in [0.25, 0.3) is 6.08 Å². The second-order valence-electron chi connectivity index (χ2n) is 4.22. The Labute approximate surface area is 129 Å². The molecule has 0 saturated heterocycles. The molecule has 0 radical (unpaired) electrons. The van der Waals surface area contributed by atoms with Crippen molar-refractivity contribution in [1.82, 2.24) is 9.97 Å². The quantitative estimate of drug-likeness (QED) is 0.493. The molecule has 0 atom stereocenters. The Kier molecular flexibility index (Phi) is 5.60. The van der Waals surface area contributed by atoms with Gasteiger partial charge in [0.15, 0.2) is 5.16 Å². The van der Waals surface area contributed by atoms with E-state index in [4.69, 9.17) is 0 Å². The molecule has 0 amide bonds. The number of carboxylic acid groups (broad SMARTS) is 1. The van der Waals surface area contributed by atoms with E-state index in [-0.39, 0.29) is 12.0 Å². The van der Waals surface area contributed by atoms with Gasteiger partial charge in [-0.1, -0.05) is 42.1 Å². The standard InChI is InChI=1S/C15H12F2N2O2S/c16-12(17)7-4-8-22-15-18-9-11(14(20)21)13(19-15)10-5-2-1-3-6-10/h1-3,5-7,9H,4,8H2,(H,20,21). The van der Waals surface area contributed by atoms with E-state index in [1.54, 1.807) is 24.3 Å². The van der Waals surface area contributed by atoms with Crippen molar-refractivity contribution in [2.45, 2.75) is 11.6 Å². The predicted molar refractivity (Wildman–Crippen MR) is 80.1 cm³/mol. The molecule has 0 aliphatic rings. The molecule has 114 valence electrons. The van der Waals surface area contributed by atoms with Gasteiger partial charge in [-0.05, 0) is 12.5 Å². The summed E-state index contributed by atoms with van der Waals surface area (Å²) >= 11 is 1.20. The maximum absolute atomic E-state index is 11.9. The number of halogens is 2. The first kappa shape index (κ1) is 16.1. The van der Waals surface area contributed by atoms with Gasteiger partial charge >= 0.3 is 5.97 Å². The van der Waals surface area contributed by atoms with Crippen LogP contribution in [0.5, 0.6) is 0 Å². The predicted octanol–water partition coefficient (Wildman–Crippen LogP) is 4.10. The lowest BCUT2D eigenvalue weighted by Gasteiger charge is -2.07. The molecule has 0 aliphatic carbocycles. The highest BCUT2D eigenvalue weighted by atomic mass is 32.2. The van der Waals surface area contributed by atoms with E-state index in [0.717, 1.165) is 6.08 Å². The van der Waals surface area contributed by atoms with Gasteiger partial charge in [-0.3, -0.25) is 0 Å². The minimum absolute atomic E-state index is 0.00486. The number of rotatable bonds is 6. The van der Waals surface area contributed by atoms with Crippen LogP contribution in [0.3, 0.4) is 0 Å². The molecule has 1 N–H and O–H groups in total. The number of benzene rings is 1. The third-order valence-corrected chi connectivity index (χ3v) is 3.59. The smallest absolute Gasteiger partial charge is 0.339 e. The van der Waals surface area contributed by atoms with E-state index in [1.807, 2.05) is 6.07 Å². The van der Waals surface area contributed by atoms with Crippen LogP contribution < -0.4 is 0 Å². The molecule has 7 heteroatoms. The lowest BCUT2D eigenvalue weighted by molar-refractivity contribution is 0.0696. The third kappa shape index (κ3) is 4.36. The Morgan fingerprint density at radius 2 is 2.00 bits per heavy atom. The van der Waals surface area contributed by atoms with Gasteiger partial charge in [0.05, 0.1) is 5.69 Å². The molecule has 4 nitrogen and oxygen atoms in total. The number of aromatic nitrogens is 2. The monoisotopic (exact) mass is 322 g/mol. The zero-order valence-electron chi connectivity index (χ0n) is 11.4. The van der Waals surface area contributed by atoms with Crippen molar-refractivity contribution >= 4 is 17.7 Å². The molecular formula is C15H12F2N2O2S. The number of carbonyl (C=O) groups is 1. The van der Waals surface area contributed by atoms with Crippen LogP contribution in [0.15, 0.2) is 53.8 Å². The number of thioether (sulfide) groups is 1. The number of hydrogen-bond donors (Lipinski definition) is 1. The van der Waals surface area contributed by atoms with E-state index < -0.39 is 12.0 Å². The van der Waals surface area contributed by atoms with E-state index in [0.29, 0.717) is 22.2 Å². The van der Waals surface area contributed by atoms with E-state index >= 15 is 0 Å². The number of hydrogen-bond acceptors (Lipinski definition) is 4. The first-order chi connectivity index (χ1) is 10.6. The number of carboxylic acids is 1. The largest absolute Gasteiger partial charge is 0.478 e. The van der Waals surface area contributed by atoms with E-state index in [2.05, 4.69) is 9.97 Å². The number of allylic oxidation sites excluding steroid dienone is 1. The fraction of sp³-hybridized carbons (Fsp3) is 0.133. The Bertz CT molecular complexity index is 689. The van der Waals surface area contributed by atoms with Gasteiger partial charge in [-0.2, -0.15) is 8.78 Å². The lowest BCUT2D eigenvalue weighted by Crippen LogP contribution is -2.04. The van der Waals surface area contributed by atoms with Crippen LogP contribution in [0.25, 0.3) is 11.3 Å². The topological polar surface area (TPSA) is 63.1 Å². The molecule has 22 heavy (non-hydrogen) atoms. The van der Waals surface area contributed by atoms with Crippen LogP contribution in [0.4, 0.5) is 8.78 Å². The highest BCUT2D eigenvalue weighted by Gasteiger charge is 2.15. The summed E-state index contributed by atoms with van der Waals surface area (Å²) in [4.78, 5) is 19.5. The average Bonchev–Trinajstić information content (AvgIpc) is 2.52. The van der Waals surface area contributed by atoms with Gasteiger partial charge in [-0.15, -0.1) is 0 Å². The summed E-state index contributed by atoms with van der Waals surface area (Å²) in [6, 6.07) is 8.89. The highest BCUT2D eigenvalue weighted by Crippen LogP contribution is 2.24. The second kappa shape index (κ2) is 7.65. The molecule has 1 heterocycles. The Balaban J connectivity index is 2.24. The van der Waals surface area contributed by atoms with Crippen LogP contribution in [-0.2, 0) is 0 Å². The molecule has 2 aromatic rings. The summed E-state index contributed by atoms with van der Waals surface area (Å²) in [5.74, 6) is -0.726. The fourth-order valence-electron chi connectivity index (χ4n) is 1.73. The van der Waals surface area contributed by atoms with Gasteiger partial charge in [0.1, 0.15) is 5.56 Å². The average molecular weight is 322 g/mol. The summed E-state index contributed by atoms with van der Waals surface area (Å²) < 4.78 is 23.9. The molecule has 0 saturated carbocycles. The molecule has 2 rings (SSSR count). The molecule has 0 bridgehead atoms. The highest BCUT2D eigenvalue weighted by molar-refractivity contribution is 7.99. The SMILES string of the molecule is O=C(O)c1cnc(SCCC=C(F)F)nc1-c1ccccc1. The maximum Gasteiger partial charge on any atom is 0.339 e. The molecular weight excluding hydrogens is 310 g/mol. The van der Waals surface area contributed by atoms with Crippen LogP contribution in [0.1, 0.15) is 16.8 Å². The van der Waals surface area contributed by atoms with Crippen LogP contribution in [0, 0.1) is 0 Å². The Morgan fingerprint density at radius 3 is 2.64 bits per heavy atom. The van der Waals surface area contributed by atoms with Crippen molar-refractivity contribution in [2.24, 2.45) is 0 Å². The maximum atomic E-state index is 11.9. The summed E-state index contributed by atoms with van der Waals surface area (Å²) in [6.45, 7) is 0. The lowest BCUT2D eigenvalue weighted by atomic mass is 10.1. The van der Waals surface area contributed by atoms with Crippen molar-refractivity contribution in [3.63, 3.8) is 0 Å². The van der Waals surface area contributed by atoms with Crippen LogP contribution in [-0.4, -0.2) is 26.8 Å². The molecule has 0 fully saturated rings. The molecule has 1 aromatic heterocycles. The third-order valence-electron chi connectivity index (χ3n) is 2.69. The van der Waals surface area contributed by atoms with Crippen LogP contribution >= 0.6 is 11.8 Å². The summed E-state index contributed by atoms with van der Waals surface area (Å²) in [5, 5.41) is 9.57.